The predicted octanol–water partition coefficient (Wildman–Crippen LogP) is 2.55. The van der Waals surface area contributed by atoms with Crippen molar-refractivity contribution in [3.05, 3.63) is 58.4 Å². The summed E-state index contributed by atoms with van der Waals surface area (Å²) in [5.41, 5.74) is 4.67. The number of carbonyl (C=O) groups is 2. The second-order valence-electron chi connectivity index (χ2n) is 6.75. The van der Waals surface area contributed by atoms with E-state index in [0.717, 1.165) is 28.9 Å². The average Bonchev–Trinajstić information content (AvgIpc) is 2.57. The standard InChI is InChI=1S/C20H26N4O2/c1-13-8-14(2)18(15(3)9-13)23-20(26)17-10-16(11-21-12-17)19(25)22-6-7-24(4)5/h8-12H,6-7H2,1-5H3,(H,22,25)(H,23,26). The van der Waals surface area contributed by atoms with Gasteiger partial charge in [-0.05, 0) is 52.1 Å². The quantitative estimate of drug-likeness (QED) is 0.836. The molecule has 0 saturated carbocycles. The summed E-state index contributed by atoms with van der Waals surface area (Å²) in [7, 11) is 3.88. The summed E-state index contributed by atoms with van der Waals surface area (Å²) in [6.45, 7) is 7.22. The number of hydrogen-bond donors (Lipinski definition) is 2. The third kappa shape index (κ3) is 5.13. The maximum atomic E-state index is 12.6. The van der Waals surface area contributed by atoms with E-state index in [4.69, 9.17) is 0 Å². The fourth-order valence-corrected chi connectivity index (χ4v) is 2.75. The first kappa shape index (κ1) is 19.6. The molecule has 1 aromatic heterocycles. The van der Waals surface area contributed by atoms with Crippen LogP contribution in [0.3, 0.4) is 0 Å². The number of amides is 2. The van der Waals surface area contributed by atoms with Crippen LogP contribution in [0.1, 0.15) is 37.4 Å². The minimum absolute atomic E-state index is 0.239. The van der Waals surface area contributed by atoms with Crippen LogP contribution >= 0.6 is 0 Å². The minimum atomic E-state index is -0.282. The number of hydrogen-bond acceptors (Lipinski definition) is 4. The molecule has 6 heteroatoms. The molecule has 1 aromatic carbocycles. The highest BCUT2D eigenvalue weighted by Gasteiger charge is 2.13. The highest BCUT2D eigenvalue weighted by molar-refractivity contribution is 6.06. The van der Waals surface area contributed by atoms with Crippen LogP contribution in [-0.4, -0.2) is 48.9 Å². The van der Waals surface area contributed by atoms with Gasteiger partial charge in [0.15, 0.2) is 0 Å². The lowest BCUT2D eigenvalue weighted by atomic mass is 10.0. The van der Waals surface area contributed by atoms with Crippen LogP contribution in [0.5, 0.6) is 0 Å². The van der Waals surface area contributed by atoms with Crippen LogP contribution in [-0.2, 0) is 0 Å². The molecule has 0 unspecified atom stereocenters. The zero-order chi connectivity index (χ0) is 19.3. The first-order valence-corrected chi connectivity index (χ1v) is 8.55. The molecule has 0 spiro atoms. The molecule has 0 aliphatic rings. The van der Waals surface area contributed by atoms with E-state index in [1.54, 1.807) is 6.07 Å². The molecule has 0 radical (unpaired) electrons. The molecule has 0 atom stereocenters. The SMILES string of the molecule is Cc1cc(C)c(NC(=O)c2cncc(C(=O)NCCN(C)C)c2)c(C)c1. The number of aromatic nitrogens is 1. The molecular weight excluding hydrogens is 328 g/mol. The summed E-state index contributed by atoms with van der Waals surface area (Å²) in [4.78, 5) is 30.8. The van der Waals surface area contributed by atoms with Gasteiger partial charge in [0.05, 0.1) is 11.1 Å². The Labute approximate surface area is 154 Å². The number of aryl methyl sites for hydroxylation is 3. The molecule has 2 N–H and O–H groups in total. The van der Waals surface area contributed by atoms with Crippen LogP contribution in [0.2, 0.25) is 0 Å². The smallest absolute Gasteiger partial charge is 0.257 e. The van der Waals surface area contributed by atoms with Crippen molar-refractivity contribution in [3.63, 3.8) is 0 Å². The highest BCUT2D eigenvalue weighted by Crippen LogP contribution is 2.22. The van der Waals surface area contributed by atoms with Crippen molar-refractivity contribution >= 4 is 17.5 Å². The molecular formula is C20H26N4O2. The van der Waals surface area contributed by atoms with Crippen molar-refractivity contribution in [2.75, 3.05) is 32.5 Å². The lowest BCUT2D eigenvalue weighted by Crippen LogP contribution is -2.31. The Kier molecular flexibility index (Phi) is 6.46. The maximum absolute atomic E-state index is 12.6. The van der Waals surface area contributed by atoms with Crippen molar-refractivity contribution in [2.24, 2.45) is 0 Å². The summed E-state index contributed by atoms with van der Waals surface area (Å²) < 4.78 is 0. The van der Waals surface area contributed by atoms with Gasteiger partial charge in [-0.3, -0.25) is 14.6 Å². The van der Waals surface area contributed by atoms with Gasteiger partial charge in [-0.2, -0.15) is 0 Å². The van der Waals surface area contributed by atoms with E-state index in [1.807, 2.05) is 51.9 Å². The molecule has 0 saturated heterocycles. The fourth-order valence-electron chi connectivity index (χ4n) is 2.75. The number of rotatable bonds is 6. The molecule has 1 heterocycles. The molecule has 0 fully saturated rings. The third-order valence-electron chi connectivity index (χ3n) is 4.02. The van der Waals surface area contributed by atoms with Crippen molar-refractivity contribution < 1.29 is 9.59 Å². The molecule has 0 bridgehead atoms. The number of likely N-dealkylation sites (N-methyl/N-ethyl adjacent to an activating group) is 1. The van der Waals surface area contributed by atoms with Gasteiger partial charge in [-0.25, -0.2) is 0 Å². The topological polar surface area (TPSA) is 74.3 Å². The number of carbonyl (C=O) groups excluding carboxylic acids is 2. The molecule has 2 rings (SSSR count). The Bertz CT molecular complexity index is 792. The zero-order valence-electron chi connectivity index (χ0n) is 16.0. The number of pyridine rings is 1. The summed E-state index contributed by atoms with van der Waals surface area (Å²) in [5, 5.41) is 5.75. The Morgan fingerprint density at radius 2 is 1.54 bits per heavy atom. The van der Waals surface area contributed by atoms with Crippen LogP contribution in [0.15, 0.2) is 30.6 Å². The first-order chi connectivity index (χ1) is 12.3. The summed E-state index contributed by atoms with van der Waals surface area (Å²) in [6, 6.07) is 5.61. The normalized spacial score (nSPS) is 10.7. The van der Waals surface area contributed by atoms with Crippen molar-refractivity contribution in [1.29, 1.82) is 0 Å². The largest absolute Gasteiger partial charge is 0.351 e. The van der Waals surface area contributed by atoms with Gasteiger partial charge in [0, 0.05) is 31.2 Å². The van der Waals surface area contributed by atoms with E-state index >= 15 is 0 Å². The fraction of sp³-hybridized carbons (Fsp3) is 0.350. The predicted molar refractivity (Wildman–Crippen MR) is 104 cm³/mol. The Morgan fingerprint density at radius 1 is 0.962 bits per heavy atom. The molecule has 2 amide bonds. The zero-order valence-corrected chi connectivity index (χ0v) is 16.0. The summed E-state index contributed by atoms with van der Waals surface area (Å²) in [6.07, 6.45) is 2.93. The van der Waals surface area contributed by atoms with E-state index in [9.17, 15) is 9.59 Å². The van der Waals surface area contributed by atoms with Gasteiger partial charge in [0.1, 0.15) is 0 Å². The molecule has 2 aromatic rings. The Balaban J connectivity index is 2.12. The summed E-state index contributed by atoms with van der Waals surface area (Å²) in [5.74, 6) is -0.521. The molecule has 6 nitrogen and oxygen atoms in total. The second kappa shape index (κ2) is 8.58. The third-order valence-corrected chi connectivity index (χ3v) is 4.02. The van der Waals surface area contributed by atoms with E-state index < -0.39 is 0 Å². The van der Waals surface area contributed by atoms with E-state index in [-0.39, 0.29) is 11.8 Å². The van der Waals surface area contributed by atoms with E-state index in [2.05, 4.69) is 15.6 Å². The number of anilines is 1. The summed E-state index contributed by atoms with van der Waals surface area (Å²) >= 11 is 0. The first-order valence-electron chi connectivity index (χ1n) is 8.55. The van der Waals surface area contributed by atoms with Crippen LogP contribution in [0, 0.1) is 20.8 Å². The second-order valence-corrected chi connectivity index (χ2v) is 6.75. The van der Waals surface area contributed by atoms with Crippen molar-refractivity contribution in [1.82, 2.24) is 15.2 Å². The number of nitrogens with zero attached hydrogens (tertiary/aromatic N) is 2. The average molecular weight is 354 g/mol. The van der Waals surface area contributed by atoms with Crippen LogP contribution < -0.4 is 10.6 Å². The van der Waals surface area contributed by atoms with E-state index in [0.29, 0.717) is 17.7 Å². The van der Waals surface area contributed by atoms with Crippen molar-refractivity contribution in [3.8, 4) is 0 Å². The maximum Gasteiger partial charge on any atom is 0.257 e. The van der Waals surface area contributed by atoms with E-state index in [1.165, 1.54) is 12.4 Å². The van der Waals surface area contributed by atoms with Gasteiger partial charge in [0.25, 0.3) is 11.8 Å². The Hall–Kier alpha value is -2.73. The molecule has 0 aliphatic carbocycles. The van der Waals surface area contributed by atoms with Crippen LogP contribution in [0.25, 0.3) is 0 Å². The number of benzene rings is 1. The van der Waals surface area contributed by atoms with Crippen LogP contribution in [0.4, 0.5) is 5.69 Å². The lowest BCUT2D eigenvalue weighted by molar-refractivity contribution is 0.0950. The highest BCUT2D eigenvalue weighted by atomic mass is 16.2. The van der Waals surface area contributed by atoms with Gasteiger partial charge in [-0.1, -0.05) is 17.7 Å². The molecule has 138 valence electrons. The minimum Gasteiger partial charge on any atom is -0.351 e. The monoisotopic (exact) mass is 354 g/mol. The van der Waals surface area contributed by atoms with Gasteiger partial charge < -0.3 is 15.5 Å². The van der Waals surface area contributed by atoms with Crippen molar-refractivity contribution in [2.45, 2.75) is 20.8 Å². The Morgan fingerprint density at radius 3 is 2.12 bits per heavy atom. The lowest BCUT2D eigenvalue weighted by Gasteiger charge is -2.13. The van der Waals surface area contributed by atoms with Gasteiger partial charge >= 0.3 is 0 Å². The number of nitrogens with one attached hydrogen (secondary N) is 2. The molecule has 26 heavy (non-hydrogen) atoms. The van der Waals surface area contributed by atoms with Gasteiger partial charge in [0.2, 0.25) is 0 Å². The molecule has 0 aliphatic heterocycles. The van der Waals surface area contributed by atoms with Gasteiger partial charge in [-0.15, -0.1) is 0 Å².